The zero-order valence-electron chi connectivity index (χ0n) is 9.88. The molecule has 0 saturated carbocycles. The topological polar surface area (TPSA) is 50.1 Å². The minimum absolute atomic E-state index is 0.315. The standard InChI is InChI=1S/C15H11NO2/c1-11-3-2-4-14(7-11)18-15-6-5-12(10-17)13(8-15)9-16/h2-8,10H,1H3. The number of carbonyl (C=O) groups excluding carboxylic acids is 1. The van der Waals surface area contributed by atoms with Crippen LogP contribution in [0.3, 0.4) is 0 Å². The first-order valence-electron chi connectivity index (χ1n) is 5.47. The smallest absolute Gasteiger partial charge is 0.151 e. The summed E-state index contributed by atoms with van der Waals surface area (Å²) >= 11 is 0. The highest BCUT2D eigenvalue weighted by Gasteiger charge is 2.04. The molecule has 2 aromatic rings. The summed E-state index contributed by atoms with van der Waals surface area (Å²) < 4.78 is 5.63. The number of rotatable bonds is 3. The van der Waals surface area contributed by atoms with Crippen molar-refractivity contribution in [2.75, 3.05) is 0 Å². The van der Waals surface area contributed by atoms with Crippen LogP contribution in [0.2, 0.25) is 0 Å². The fourth-order valence-electron chi connectivity index (χ4n) is 1.61. The van der Waals surface area contributed by atoms with Gasteiger partial charge in [-0.15, -0.1) is 0 Å². The third kappa shape index (κ3) is 2.55. The highest BCUT2D eigenvalue weighted by Crippen LogP contribution is 2.24. The molecule has 2 rings (SSSR count). The molecular weight excluding hydrogens is 226 g/mol. The van der Waals surface area contributed by atoms with E-state index in [-0.39, 0.29) is 0 Å². The lowest BCUT2D eigenvalue weighted by atomic mass is 10.1. The zero-order chi connectivity index (χ0) is 13.0. The van der Waals surface area contributed by atoms with Crippen LogP contribution < -0.4 is 4.74 Å². The largest absolute Gasteiger partial charge is 0.457 e. The van der Waals surface area contributed by atoms with Gasteiger partial charge in [-0.3, -0.25) is 4.79 Å². The van der Waals surface area contributed by atoms with Crippen LogP contribution in [0.4, 0.5) is 0 Å². The first kappa shape index (κ1) is 11.9. The lowest BCUT2D eigenvalue weighted by Crippen LogP contribution is -1.90. The van der Waals surface area contributed by atoms with Crippen LogP contribution >= 0.6 is 0 Å². The zero-order valence-corrected chi connectivity index (χ0v) is 9.88. The third-order valence-corrected chi connectivity index (χ3v) is 2.50. The van der Waals surface area contributed by atoms with Crippen molar-refractivity contribution in [3.05, 3.63) is 59.2 Å². The molecule has 0 saturated heterocycles. The second-order valence-corrected chi connectivity index (χ2v) is 3.90. The Bertz CT molecular complexity index is 627. The Morgan fingerprint density at radius 1 is 1.17 bits per heavy atom. The van der Waals surface area contributed by atoms with Gasteiger partial charge in [-0.2, -0.15) is 5.26 Å². The average Bonchev–Trinajstić information content (AvgIpc) is 2.38. The molecule has 0 radical (unpaired) electrons. The van der Waals surface area contributed by atoms with Gasteiger partial charge in [0.1, 0.15) is 17.6 Å². The van der Waals surface area contributed by atoms with Gasteiger partial charge in [0.2, 0.25) is 0 Å². The molecule has 3 nitrogen and oxygen atoms in total. The Kier molecular flexibility index (Phi) is 3.40. The van der Waals surface area contributed by atoms with Gasteiger partial charge in [0.25, 0.3) is 0 Å². The fraction of sp³-hybridized carbons (Fsp3) is 0.0667. The van der Waals surface area contributed by atoms with Gasteiger partial charge in [0, 0.05) is 5.56 Å². The summed E-state index contributed by atoms with van der Waals surface area (Å²) in [4.78, 5) is 10.7. The lowest BCUT2D eigenvalue weighted by molar-refractivity contribution is 0.112. The molecule has 0 bridgehead atoms. The number of nitriles is 1. The summed E-state index contributed by atoms with van der Waals surface area (Å²) in [6.45, 7) is 1.98. The van der Waals surface area contributed by atoms with E-state index >= 15 is 0 Å². The Hall–Kier alpha value is -2.60. The van der Waals surface area contributed by atoms with E-state index in [1.165, 1.54) is 0 Å². The number of aldehydes is 1. The van der Waals surface area contributed by atoms with Crippen molar-refractivity contribution in [1.29, 1.82) is 5.26 Å². The molecule has 0 aromatic heterocycles. The van der Waals surface area contributed by atoms with Crippen LogP contribution in [0.15, 0.2) is 42.5 Å². The summed E-state index contributed by atoms with van der Waals surface area (Å²) in [6, 6.07) is 14.4. The molecule has 0 spiro atoms. The van der Waals surface area contributed by atoms with E-state index in [1.807, 2.05) is 37.3 Å². The van der Waals surface area contributed by atoms with Gasteiger partial charge >= 0.3 is 0 Å². The van der Waals surface area contributed by atoms with Crippen molar-refractivity contribution in [2.24, 2.45) is 0 Å². The maximum Gasteiger partial charge on any atom is 0.151 e. The monoisotopic (exact) mass is 237 g/mol. The number of hydrogen-bond donors (Lipinski definition) is 0. The number of carbonyl (C=O) groups is 1. The summed E-state index contributed by atoms with van der Waals surface area (Å²) in [5.74, 6) is 1.25. The number of hydrogen-bond acceptors (Lipinski definition) is 3. The van der Waals surface area contributed by atoms with E-state index in [2.05, 4.69) is 0 Å². The first-order valence-corrected chi connectivity index (χ1v) is 5.47. The molecule has 18 heavy (non-hydrogen) atoms. The maximum atomic E-state index is 10.7. The molecular formula is C15H11NO2. The van der Waals surface area contributed by atoms with E-state index in [9.17, 15) is 4.79 Å². The molecule has 0 aliphatic heterocycles. The van der Waals surface area contributed by atoms with Crippen molar-refractivity contribution >= 4 is 6.29 Å². The first-order chi connectivity index (χ1) is 8.72. The van der Waals surface area contributed by atoms with E-state index in [0.29, 0.717) is 28.9 Å². The summed E-state index contributed by atoms with van der Waals surface area (Å²) in [7, 11) is 0. The summed E-state index contributed by atoms with van der Waals surface area (Å²) in [5, 5.41) is 8.92. The van der Waals surface area contributed by atoms with Gasteiger partial charge in [-0.1, -0.05) is 12.1 Å². The van der Waals surface area contributed by atoms with Gasteiger partial charge in [-0.25, -0.2) is 0 Å². The SMILES string of the molecule is Cc1cccc(Oc2ccc(C=O)c(C#N)c2)c1. The normalized spacial score (nSPS) is 9.56. The molecule has 0 amide bonds. The van der Waals surface area contributed by atoms with Crippen molar-refractivity contribution in [3.8, 4) is 17.6 Å². The average molecular weight is 237 g/mol. The minimum Gasteiger partial charge on any atom is -0.457 e. The predicted molar refractivity (Wildman–Crippen MR) is 67.8 cm³/mol. The summed E-state index contributed by atoms with van der Waals surface area (Å²) in [6.07, 6.45) is 0.662. The van der Waals surface area contributed by atoms with Crippen molar-refractivity contribution in [1.82, 2.24) is 0 Å². The molecule has 3 heteroatoms. The van der Waals surface area contributed by atoms with Crippen LogP contribution in [0.5, 0.6) is 11.5 Å². The number of ether oxygens (including phenoxy) is 1. The highest BCUT2D eigenvalue weighted by atomic mass is 16.5. The Morgan fingerprint density at radius 3 is 2.61 bits per heavy atom. The number of aryl methyl sites for hydroxylation is 1. The number of benzene rings is 2. The Labute approximate surface area is 105 Å². The molecule has 2 aromatic carbocycles. The fourth-order valence-corrected chi connectivity index (χ4v) is 1.61. The van der Waals surface area contributed by atoms with E-state index in [4.69, 9.17) is 10.00 Å². The number of nitrogens with zero attached hydrogens (tertiary/aromatic N) is 1. The molecule has 0 fully saturated rings. The van der Waals surface area contributed by atoms with Crippen molar-refractivity contribution in [3.63, 3.8) is 0 Å². The van der Waals surface area contributed by atoms with Gasteiger partial charge in [0.15, 0.2) is 6.29 Å². The van der Waals surface area contributed by atoms with Crippen LogP contribution in [0.1, 0.15) is 21.5 Å². The van der Waals surface area contributed by atoms with E-state index in [1.54, 1.807) is 18.2 Å². The van der Waals surface area contributed by atoms with Crippen LogP contribution in [0, 0.1) is 18.3 Å². The van der Waals surface area contributed by atoms with E-state index in [0.717, 1.165) is 5.56 Å². The van der Waals surface area contributed by atoms with Gasteiger partial charge in [0.05, 0.1) is 5.56 Å². The van der Waals surface area contributed by atoms with Crippen LogP contribution in [-0.2, 0) is 0 Å². The van der Waals surface area contributed by atoms with E-state index < -0.39 is 0 Å². The van der Waals surface area contributed by atoms with Gasteiger partial charge < -0.3 is 4.74 Å². The second-order valence-electron chi connectivity index (χ2n) is 3.90. The van der Waals surface area contributed by atoms with Crippen molar-refractivity contribution in [2.45, 2.75) is 6.92 Å². The quantitative estimate of drug-likeness (QED) is 0.768. The Morgan fingerprint density at radius 2 is 1.94 bits per heavy atom. The lowest BCUT2D eigenvalue weighted by Gasteiger charge is -2.07. The molecule has 0 N–H and O–H groups in total. The summed E-state index contributed by atoms with van der Waals surface area (Å²) in [5.41, 5.74) is 1.78. The molecule has 0 atom stereocenters. The highest BCUT2D eigenvalue weighted by molar-refractivity contribution is 5.79. The predicted octanol–water partition coefficient (Wildman–Crippen LogP) is 3.47. The second kappa shape index (κ2) is 5.15. The molecule has 0 unspecified atom stereocenters. The molecule has 88 valence electrons. The maximum absolute atomic E-state index is 10.7. The Balaban J connectivity index is 2.30. The molecule has 0 aliphatic carbocycles. The van der Waals surface area contributed by atoms with Crippen molar-refractivity contribution < 1.29 is 9.53 Å². The minimum atomic E-state index is 0.315. The molecule has 0 aliphatic rings. The third-order valence-electron chi connectivity index (χ3n) is 2.50. The van der Waals surface area contributed by atoms with Gasteiger partial charge in [-0.05, 0) is 42.8 Å². The molecule has 0 heterocycles. The van der Waals surface area contributed by atoms with Crippen LogP contribution in [-0.4, -0.2) is 6.29 Å². The van der Waals surface area contributed by atoms with Crippen LogP contribution in [0.25, 0.3) is 0 Å².